The molecule has 0 unspecified atom stereocenters. The second-order valence-electron chi connectivity index (χ2n) is 2.90. The van der Waals surface area contributed by atoms with Crippen LogP contribution in [0.15, 0.2) is 12.1 Å². The van der Waals surface area contributed by atoms with E-state index in [-0.39, 0.29) is 51.4 Å². The molecule has 0 aromatic heterocycles. The average Bonchev–Trinajstić information content (AvgIpc) is 1.94. The van der Waals surface area contributed by atoms with Gasteiger partial charge < -0.3 is 12.9 Å². The Kier molecular flexibility index (Phi) is 12.5. The molecule has 0 aromatic rings. The van der Waals surface area contributed by atoms with Gasteiger partial charge in [-0.3, -0.25) is 0 Å². The van der Waals surface area contributed by atoms with Crippen LogP contribution >= 0.6 is 0 Å². The van der Waals surface area contributed by atoms with Gasteiger partial charge in [0.05, 0.1) is 0 Å². The summed E-state index contributed by atoms with van der Waals surface area (Å²) in [7, 11) is 0. The summed E-state index contributed by atoms with van der Waals surface area (Å²) < 4.78 is 34.8. The van der Waals surface area contributed by atoms with Gasteiger partial charge in [0.15, 0.2) is 0 Å². The van der Waals surface area contributed by atoms with E-state index in [9.17, 15) is 12.9 Å². The fraction of sp³-hybridized carbons (Fsp3) is 0.750. The zero-order valence-corrected chi connectivity index (χ0v) is 11.5. The normalized spacial score (nSPS) is 11.7. The zero-order valence-electron chi connectivity index (χ0n) is 8.40. The summed E-state index contributed by atoms with van der Waals surface area (Å²) in [5, 5.41) is 0. The number of hydrogen-bond donors (Lipinski definition) is 0. The molecule has 0 spiro atoms. The van der Waals surface area contributed by atoms with E-state index in [2.05, 4.69) is 6.92 Å². The van der Waals surface area contributed by atoms with E-state index in [1.54, 1.807) is 0 Å². The molecule has 0 fully saturated rings. The van der Waals surface area contributed by atoms with Gasteiger partial charge in [-0.05, 0) is 12.8 Å². The Balaban J connectivity index is 0. The molecule has 0 radical (unpaired) electrons. The standard InChI is InChI=1S/C8H15BF3.K/c1-2-3-4-5-6-7-8-9(10,11)12;/h7-8H,2-6H2,1H3;/q-1;+1/b8-7+;. The first-order valence-corrected chi connectivity index (χ1v) is 4.44. The van der Waals surface area contributed by atoms with E-state index in [1.165, 1.54) is 6.08 Å². The maximum absolute atomic E-state index is 11.6. The maximum atomic E-state index is 11.6. The van der Waals surface area contributed by atoms with E-state index < -0.39 is 6.98 Å². The molecule has 0 rings (SSSR count). The SMILES string of the molecule is CCCCCC/C=C/[B-](F)(F)F.[K+]. The average molecular weight is 218 g/mol. The summed E-state index contributed by atoms with van der Waals surface area (Å²) >= 11 is 0. The summed E-state index contributed by atoms with van der Waals surface area (Å²) in [6.07, 6.45) is 5.93. The number of hydrogen-bond acceptors (Lipinski definition) is 0. The molecule has 0 N–H and O–H groups in total. The summed E-state index contributed by atoms with van der Waals surface area (Å²) in [6, 6.07) is 0. The zero-order chi connectivity index (χ0) is 9.45. The largest absolute Gasteiger partial charge is 1.00 e. The first-order valence-electron chi connectivity index (χ1n) is 4.44. The van der Waals surface area contributed by atoms with Gasteiger partial charge in [0.2, 0.25) is 0 Å². The Morgan fingerprint density at radius 1 is 1.08 bits per heavy atom. The Labute approximate surface area is 121 Å². The Morgan fingerprint density at radius 3 is 2.15 bits per heavy atom. The van der Waals surface area contributed by atoms with Crippen LogP contribution in [0, 0.1) is 0 Å². The fourth-order valence-corrected chi connectivity index (χ4v) is 0.939. The third kappa shape index (κ3) is 15.9. The van der Waals surface area contributed by atoms with Gasteiger partial charge >= 0.3 is 58.4 Å². The molecule has 5 heteroatoms. The third-order valence-corrected chi connectivity index (χ3v) is 1.58. The summed E-state index contributed by atoms with van der Waals surface area (Å²) in [5.74, 6) is 0.381. The van der Waals surface area contributed by atoms with Crippen molar-refractivity contribution in [3.05, 3.63) is 12.1 Å². The van der Waals surface area contributed by atoms with E-state index in [4.69, 9.17) is 0 Å². The fourth-order valence-electron chi connectivity index (χ4n) is 0.939. The van der Waals surface area contributed by atoms with E-state index in [0.29, 0.717) is 12.4 Å². The van der Waals surface area contributed by atoms with Crippen LogP contribution in [0.4, 0.5) is 12.9 Å². The van der Waals surface area contributed by atoms with Crippen LogP contribution < -0.4 is 51.4 Å². The third-order valence-electron chi connectivity index (χ3n) is 1.58. The second kappa shape index (κ2) is 9.77. The Morgan fingerprint density at radius 2 is 1.69 bits per heavy atom. The first-order chi connectivity index (χ1) is 5.56. The van der Waals surface area contributed by atoms with Crippen LogP contribution in [0.5, 0.6) is 0 Å². The molecule has 0 bridgehead atoms. The first kappa shape index (κ1) is 16.7. The summed E-state index contributed by atoms with van der Waals surface area (Å²) in [6.45, 7) is -2.63. The van der Waals surface area contributed by atoms with Gasteiger partial charge in [0.25, 0.3) is 0 Å². The Hall–Kier alpha value is 1.23. The predicted molar refractivity (Wildman–Crippen MR) is 47.0 cm³/mol. The molecule has 0 saturated carbocycles. The van der Waals surface area contributed by atoms with Crippen molar-refractivity contribution in [3.8, 4) is 0 Å². The minimum atomic E-state index is -4.71. The van der Waals surface area contributed by atoms with Crippen LogP contribution in [0.1, 0.15) is 39.0 Å². The number of rotatable bonds is 6. The van der Waals surface area contributed by atoms with Crippen molar-refractivity contribution in [1.29, 1.82) is 0 Å². The van der Waals surface area contributed by atoms with Crippen molar-refractivity contribution in [2.24, 2.45) is 0 Å². The van der Waals surface area contributed by atoms with Crippen molar-refractivity contribution in [2.45, 2.75) is 39.0 Å². The smallest absolute Gasteiger partial charge is 0.445 e. The van der Waals surface area contributed by atoms with Crippen molar-refractivity contribution in [3.63, 3.8) is 0 Å². The van der Waals surface area contributed by atoms with E-state index in [0.717, 1.165) is 25.7 Å². The van der Waals surface area contributed by atoms with Gasteiger partial charge in [-0.25, -0.2) is 0 Å². The minimum Gasteiger partial charge on any atom is -0.445 e. The molecule has 72 valence electrons. The van der Waals surface area contributed by atoms with Crippen LogP contribution in [0.25, 0.3) is 0 Å². The van der Waals surface area contributed by atoms with Crippen molar-refractivity contribution in [2.75, 3.05) is 0 Å². The predicted octanol–water partition coefficient (Wildman–Crippen LogP) is 0.904. The van der Waals surface area contributed by atoms with Crippen LogP contribution in [0.2, 0.25) is 0 Å². The molecule has 0 aromatic carbocycles. The monoisotopic (exact) mass is 218 g/mol. The van der Waals surface area contributed by atoms with Crippen LogP contribution in [-0.2, 0) is 0 Å². The van der Waals surface area contributed by atoms with Crippen LogP contribution in [-0.4, -0.2) is 6.98 Å². The van der Waals surface area contributed by atoms with Crippen molar-refractivity contribution in [1.82, 2.24) is 0 Å². The summed E-state index contributed by atoms with van der Waals surface area (Å²) in [4.78, 5) is 0. The van der Waals surface area contributed by atoms with Gasteiger partial charge in [0.1, 0.15) is 0 Å². The molecule has 0 amide bonds. The number of halogens is 3. The van der Waals surface area contributed by atoms with Crippen molar-refractivity contribution < 1.29 is 64.3 Å². The number of allylic oxidation sites excluding steroid dienone is 1. The maximum Gasteiger partial charge on any atom is 1.00 e. The number of unbranched alkanes of at least 4 members (excludes halogenated alkanes) is 4. The molecule has 0 nitrogen and oxygen atoms in total. The molecule has 0 heterocycles. The molecule has 0 saturated heterocycles. The molecular weight excluding hydrogens is 203 g/mol. The minimum absolute atomic E-state index is 0. The van der Waals surface area contributed by atoms with Gasteiger partial charge in [0, 0.05) is 0 Å². The molecule has 13 heavy (non-hydrogen) atoms. The molecule has 0 atom stereocenters. The molecule has 0 aliphatic heterocycles. The van der Waals surface area contributed by atoms with Gasteiger partial charge in [-0.2, -0.15) is 0 Å². The Bertz CT molecular complexity index is 134. The summed E-state index contributed by atoms with van der Waals surface area (Å²) in [5.41, 5.74) is 0. The van der Waals surface area contributed by atoms with Crippen LogP contribution in [0.3, 0.4) is 0 Å². The van der Waals surface area contributed by atoms with Gasteiger partial charge in [-0.1, -0.05) is 26.2 Å². The van der Waals surface area contributed by atoms with Crippen molar-refractivity contribution >= 4 is 6.98 Å². The quantitative estimate of drug-likeness (QED) is 0.459. The van der Waals surface area contributed by atoms with Gasteiger partial charge in [-0.15, -0.1) is 12.1 Å². The second-order valence-corrected chi connectivity index (χ2v) is 2.90. The van der Waals surface area contributed by atoms with E-state index in [1.807, 2.05) is 0 Å². The molecular formula is C8H15BF3K. The topological polar surface area (TPSA) is 0 Å². The molecule has 0 aliphatic carbocycles. The molecule has 0 aliphatic rings. The van der Waals surface area contributed by atoms with E-state index >= 15 is 0 Å².